The van der Waals surface area contributed by atoms with Crippen LogP contribution in [-0.4, -0.2) is 44.9 Å². The van der Waals surface area contributed by atoms with Crippen LogP contribution in [0.2, 0.25) is 0 Å². The Morgan fingerprint density at radius 2 is 1.76 bits per heavy atom. The van der Waals surface area contributed by atoms with Gasteiger partial charge in [0.15, 0.2) is 18.1 Å². The Bertz CT molecular complexity index is 1530. The number of urea groups is 1. The highest BCUT2D eigenvalue weighted by Gasteiger charge is 2.32. The molecule has 11 nitrogen and oxygen atoms in total. The smallest absolute Gasteiger partial charge is 0.337 e. The maximum atomic E-state index is 12.5. The summed E-state index contributed by atoms with van der Waals surface area (Å²) >= 11 is 3.44. The Morgan fingerprint density at radius 1 is 1.00 bits per heavy atom. The lowest BCUT2D eigenvalue weighted by atomic mass is 9.95. The average Bonchev–Trinajstić information content (AvgIpc) is 2.99. The third-order valence-corrected chi connectivity index (χ3v) is 6.65. The number of hydrogen-bond acceptors (Lipinski definition) is 8. The van der Waals surface area contributed by atoms with Crippen molar-refractivity contribution in [1.82, 2.24) is 16.1 Å². The molecule has 0 aliphatic carbocycles. The molecule has 0 bridgehead atoms. The molecule has 0 spiro atoms. The van der Waals surface area contributed by atoms with Gasteiger partial charge in [-0.05, 0) is 48.4 Å². The monoisotopic (exact) mass is 636 g/mol. The highest BCUT2D eigenvalue weighted by molar-refractivity contribution is 9.10. The minimum Gasteiger partial charge on any atom is -0.493 e. The summed E-state index contributed by atoms with van der Waals surface area (Å²) in [5.74, 6) is 0.0966. The van der Waals surface area contributed by atoms with Gasteiger partial charge in [-0.15, -0.1) is 0 Å². The summed E-state index contributed by atoms with van der Waals surface area (Å²) in [7, 11) is 2.70. The Labute approximate surface area is 251 Å². The second-order valence-corrected chi connectivity index (χ2v) is 9.93. The number of halogens is 1. The van der Waals surface area contributed by atoms with E-state index in [1.165, 1.54) is 20.4 Å². The van der Waals surface area contributed by atoms with E-state index in [2.05, 4.69) is 37.1 Å². The molecular weight excluding hydrogens is 608 g/mol. The number of carbonyl (C=O) groups is 3. The summed E-state index contributed by atoms with van der Waals surface area (Å²) in [6.07, 6.45) is 1.49. The van der Waals surface area contributed by atoms with Gasteiger partial charge in [-0.1, -0.05) is 52.3 Å². The average molecular weight is 637 g/mol. The molecule has 0 fully saturated rings. The lowest BCUT2D eigenvalue weighted by Crippen LogP contribution is -2.45. The molecule has 3 aromatic carbocycles. The molecule has 218 valence electrons. The van der Waals surface area contributed by atoms with Gasteiger partial charge in [-0.3, -0.25) is 4.79 Å². The summed E-state index contributed by atoms with van der Waals surface area (Å²) in [5.41, 5.74) is 5.32. The molecule has 4 rings (SSSR count). The number of methoxy groups -OCH3 is 2. The van der Waals surface area contributed by atoms with Gasteiger partial charge in [0.1, 0.15) is 12.4 Å². The zero-order chi connectivity index (χ0) is 30.1. The number of hydrazone groups is 1. The normalized spacial score (nSPS) is 14.6. The zero-order valence-corrected chi connectivity index (χ0v) is 24.7. The molecule has 12 heteroatoms. The molecule has 1 atom stereocenters. The van der Waals surface area contributed by atoms with Gasteiger partial charge in [0.05, 0.1) is 32.0 Å². The molecule has 3 N–H and O–H groups in total. The van der Waals surface area contributed by atoms with Crippen LogP contribution < -0.4 is 30.3 Å². The maximum Gasteiger partial charge on any atom is 0.337 e. The van der Waals surface area contributed by atoms with E-state index in [-0.39, 0.29) is 17.9 Å². The Balaban J connectivity index is 1.39. The number of nitrogens with one attached hydrogen (secondary N) is 3. The molecule has 0 unspecified atom stereocenters. The van der Waals surface area contributed by atoms with Crippen molar-refractivity contribution in [3.63, 3.8) is 0 Å². The topological polar surface area (TPSA) is 137 Å². The van der Waals surface area contributed by atoms with E-state index in [1.807, 2.05) is 48.5 Å². The number of rotatable bonds is 11. The zero-order valence-electron chi connectivity index (χ0n) is 23.1. The fourth-order valence-corrected chi connectivity index (χ4v) is 4.52. The highest BCUT2D eigenvalue weighted by atomic mass is 79.9. The molecule has 0 saturated heterocycles. The first-order chi connectivity index (χ1) is 20.3. The van der Waals surface area contributed by atoms with Crippen molar-refractivity contribution >= 4 is 40.1 Å². The standard InChI is InChI=1S/C30H29BrN4O7/c1-18-27(29(37)40-3)28(34-30(38)33-18)20-9-11-24(25(14-20)39-2)42-17-26(36)35-32-15-21-13-22(31)10-12-23(21)41-16-19-7-5-4-6-8-19/h4-15,28H,16-17H2,1-3H3,(H,35,36)(H2,33,34,38)/b32-15-/t28-/m0/s1. The summed E-state index contributed by atoms with van der Waals surface area (Å²) in [6.45, 7) is 1.65. The third-order valence-electron chi connectivity index (χ3n) is 6.16. The maximum absolute atomic E-state index is 12.5. The van der Waals surface area contributed by atoms with Gasteiger partial charge in [0.2, 0.25) is 0 Å². The largest absolute Gasteiger partial charge is 0.493 e. The number of esters is 1. The predicted octanol–water partition coefficient (Wildman–Crippen LogP) is 4.37. The second-order valence-electron chi connectivity index (χ2n) is 9.01. The van der Waals surface area contributed by atoms with Gasteiger partial charge in [0.25, 0.3) is 5.91 Å². The Kier molecular flexibility index (Phi) is 10.2. The number of hydrogen-bond donors (Lipinski definition) is 3. The van der Waals surface area contributed by atoms with E-state index in [4.69, 9.17) is 18.9 Å². The minimum atomic E-state index is -0.772. The number of amides is 3. The number of allylic oxidation sites excluding steroid dienone is 1. The van der Waals surface area contributed by atoms with Crippen LogP contribution in [0.25, 0.3) is 0 Å². The van der Waals surface area contributed by atoms with Crippen molar-refractivity contribution < 1.29 is 33.3 Å². The quantitative estimate of drug-likeness (QED) is 0.161. The first-order valence-corrected chi connectivity index (χ1v) is 13.5. The summed E-state index contributed by atoms with van der Waals surface area (Å²) < 4.78 is 22.7. The molecular formula is C30H29BrN4O7. The van der Waals surface area contributed by atoms with Gasteiger partial charge in [-0.25, -0.2) is 15.0 Å². The van der Waals surface area contributed by atoms with Crippen LogP contribution >= 0.6 is 15.9 Å². The molecule has 0 radical (unpaired) electrons. The van der Waals surface area contributed by atoms with E-state index in [0.29, 0.717) is 34.9 Å². The van der Waals surface area contributed by atoms with Crippen molar-refractivity contribution in [3.8, 4) is 17.2 Å². The number of ether oxygens (including phenoxy) is 4. The van der Waals surface area contributed by atoms with Crippen LogP contribution in [0.15, 0.2) is 87.6 Å². The fourth-order valence-electron chi connectivity index (χ4n) is 4.14. The molecule has 1 heterocycles. The van der Waals surface area contributed by atoms with Crippen LogP contribution in [0.5, 0.6) is 17.2 Å². The van der Waals surface area contributed by atoms with E-state index in [1.54, 1.807) is 25.1 Å². The Morgan fingerprint density at radius 3 is 2.50 bits per heavy atom. The molecule has 0 aromatic heterocycles. The van der Waals surface area contributed by atoms with Gasteiger partial charge < -0.3 is 29.6 Å². The van der Waals surface area contributed by atoms with Crippen molar-refractivity contribution in [3.05, 3.63) is 99.2 Å². The van der Waals surface area contributed by atoms with E-state index < -0.39 is 23.9 Å². The molecule has 0 saturated carbocycles. The lowest BCUT2D eigenvalue weighted by molar-refractivity contribution is -0.136. The minimum absolute atomic E-state index is 0.254. The summed E-state index contributed by atoms with van der Waals surface area (Å²) in [5, 5.41) is 9.33. The summed E-state index contributed by atoms with van der Waals surface area (Å²) in [4.78, 5) is 36.9. The Hall–Kier alpha value is -4.84. The lowest BCUT2D eigenvalue weighted by Gasteiger charge is -2.28. The predicted molar refractivity (Wildman–Crippen MR) is 158 cm³/mol. The molecule has 3 amide bonds. The number of nitrogens with zero attached hydrogens (tertiary/aromatic N) is 1. The SMILES string of the molecule is COC(=O)C1=C(C)NC(=O)N[C@H]1c1ccc(OCC(=O)N/N=C\c2cc(Br)ccc2OCc2ccccc2)c(OC)c1. The van der Waals surface area contributed by atoms with Crippen molar-refractivity contribution in [2.24, 2.45) is 5.10 Å². The van der Waals surface area contributed by atoms with Crippen LogP contribution in [0.4, 0.5) is 4.79 Å². The van der Waals surface area contributed by atoms with Gasteiger partial charge >= 0.3 is 12.0 Å². The van der Waals surface area contributed by atoms with Crippen LogP contribution in [-0.2, 0) is 20.9 Å². The van der Waals surface area contributed by atoms with E-state index in [0.717, 1.165) is 10.0 Å². The van der Waals surface area contributed by atoms with E-state index in [9.17, 15) is 14.4 Å². The van der Waals surface area contributed by atoms with Crippen molar-refractivity contribution in [2.75, 3.05) is 20.8 Å². The van der Waals surface area contributed by atoms with Crippen molar-refractivity contribution in [1.29, 1.82) is 0 Å². The van der Waals surface area contributed by atoms with Crippen LogP contribution in [0.1, 0.15) is 29.7 Å². The van der Waals surface area contributed by atoms with Gasteiger partial charge in [-0.2, -0.15) is 5.10 Å². The fraction of sp³-hybridized carbons (Fsp3) is 0.200. The van der Waals surface area contributed by atoms with Gasteiger partial charge in [0, 0.05) is 15.7 Å². The van der Waals surface area contributed by atoms with E-state index >= 15 is 0 Å². The molecule has 1 aliphatic rings. The number of carbonyl (C=O) groups excluding carboxylic acids is 3. The first kappa shape index (κ1) is 30.1. The second kappa shape index (κ2) is 14.2. The molecule has 3 aromatic rings. The molecule has 1 aliphatic heterocycles. The van der Waals surface area contributed by atoms with Crippen molar-refractivity contribution in [2.45, 2.75) is 19.6 Å². The van der Waals surface area contributed by atoms with Crippen LogP contribution in [0, 0.1) is 0 Å². The molecule has 42 heavy (non-hydrogen) atoms. The highest BCUT2D eigenvalue weighted by Crippen LogP contribution is 2.34. The summed E-state index contributed by atoms with van der Waals surface area (Å²) in [6, 6.07) is 18.9. The number of benzene rings is 3. The van der Waals surface area contributed by atoms with Crippen LogP contribution in [0.3, 0.4) is 0 Å². The third kappa shape index (κ3) is 7.67. The first-order valence-electron chi connectivity index (χ1n) is 12.7.